The van der Waals surface area contributed by atoms with Crippen LogP contribution in [0, 0.1) is 0 Å². The molecular weight excluding hydrogens is 322 g/mol. The van der Waals surface area contributed by atoms with Crippen LogP contribution < -0.4 is 0 Å². The van der Waals surface area contributed by atoms with Gasteiger partial charge in [-0.3, -0.25) is 9.58 Å². The van der Waals surface area contributed by atoms with Crippen LogP contribution in [0.15, 0.2) is 30.5 Å². The van der Waals surface area contributed by atoms with Gasteiger partial charge in [0, 0.05) is 43.6 Å². The molecule has 1 aliphatic carbocycles. The Hall–Kier alpha value is -1.65. The molecule has 1 saturated heterocycles. The molecule has 1 aromatic carbocycles. The Morgan fingerprint density at radius 2 is 1.88 bits per heavy atom. The molecule has 0 bridgehead atoms. The van der Waals surface area contributed by atoms with Crippen LogP contribution in [-0.4, -0.2) is 41.0 Å². The van der Waals surface area contributed by atoms with Crippen LogP contribution in [0.2, 0.25) is 0 Å². The van der Waals surface area contributed by atoms with Gasteiger partial charge in [-0.1, -0.05) is 43.5 Å². The summed E-state index contributed by atoms with van der Waals surface area (Å²) in [6, 6.07) is 9.73. The summed E-state index contributed by atoms with van der Waals surface area (Å²) < 4.78 is 7.49. The summed E-state index contributed by atoms with van der Waals surface area (Å²) >= 11 is 0. The fourth-order valence-electron chi connectivity index (χ4n) is 4.51. The molecule has 0 spiro atoms. The van der Waals surface area contributed by atoms with Gasteiger partial charge < -0.3 is 4.74 Å². The SMILES string of the molecule is CN(Cc1cn(C)nc1-c1ccc(C2CCCCC2)cc1)[C@@H]1CCOC1. The summed E-state index contributed by atoms with van der Waals surface area (Å²) in [5.41, 5.74) is 5.16. The Morgan fingerprint density at radius 1 is 1.12 bits per heavy atom. The van der Waals surface area contributed by atoms with E-state index in [0.717, 1.165) is 37.8 Å². The molecule has 0 radical (unpaired) electrons. The topological polar surface area (TPSA) is 30.3 Å². The van der Waals surface area contributed by atoms with E-state index in [-0.39, 0.29) is 0 Å². The molecule has 0 unspecified atom stereocenters. The summed E-state index contributed by atoms with van der Waals surface area (Å²) in [7, 11) is 4.21. The third kappa shape index (κ3) is 3.86. The monoisotopic (exact) mass is 353 g/mol. The molecule has 2 heterocycles. The summed E-state index contributed by atoms with van der Waals surface area (Å²) in [5.74, 6) is 0.759. The van der Waals surface area contributed by atoms with Gasteiger partial charge in [0.25, 0.3) is 0 Å². The Morgan fingerprint density at radius 3 is 2.58 bits per heavy atom. The van der Waals surface area contributed by atoms with Crippen LogP contribution in [0.25, 0.3) is 11.3 Å². The molecule has 1 aromatic heterocycles. The number of aryl methyl sites for hydroxylation is 1. The zero-order valence-corrected chi connectivity index (χ0v) is 16.2. The summed E-state index contributed by atoms with van der Waals surface area (Å²) in [4.78, 5) is 2.41. The smallest absolute Gasteiger partial charge is 0.0968 e. The number of hydrogen-bond acceptors (Lipinski definition) is 3. The lowest BCUT2D eigenvalue weighted by Crippen LogP contribution is -2.31. The number of nitrogens with zero attached hydrogens (tertiary/aromatic N) is 3. The third-order valence-corrected chi connectivity index (χ3v) is 6.11. The highest BCUT2D eigenvalue weighted by molar-refractivity contribution is 5.63. The fourth-order valence-corrected chi connectivity index (χ4v) is 4.51. The second kappa shape index (κ2) is 7.93. The maximum Gasteiger partial charge on any atom is 0.0968 e. The lowest BCUT2D eigenvalue weighted by atomic mass is 9.84. The lowest BCUT2D eigenvalue weighted by molar-refractivity contribution is 0.156. The Kier molecular flexibility index (Phi) is 5.41. The summed E-state index contributed by atoms with van der Waals surface area (Å²) in [6.07, 6.45) is 10.2. The number of ether oxygens (including phenoxy) is 1. The molecule has 0 N–H and O–H groups in total. The molecule has 26 heavy (non-hydrogen) atoms. The maximum absolute atomic E-state index is 5.54. The first-order valence-electron chi connectivity index (χ1n) is 10.1. The van der Waals surface area contributed by atoms with Crippen molar-refractivity contribution in [1.82, 2.24) is 14.7 Å². The summed E-state index contributed by atoms with van der Waals surface area (Å²) in [6.45, 7) is 2.65. The molecular formula is C22H31N3O. The molecule has 4 nitrogen and oxygen atoms in total. The van der Waals surface area contributed by atoms with Gasteiger partial charge in [-0.15, -0.1) is 0 Å². The van der Waals surface area contributed by atoms with Crippen molar-refractivity contribution >= 4 is 0 Å². The Labute approximate surface area is 157 Å². The number of aromatic nitrogens is 2. The van der Waals surface area contributed by atoms with Crippen molar-refractivity contribution in [3.8, 4) is 11.3 Å². The second-order valence-electron chi connectivity index (χ2n) is 8.07. The van der Waals surface area contributed by atoms with E-state index in [9.17, 15) is 0 Å². The molecule has 1 aliphatic heterocycles. The van der Waals surface area contributed by atoms with Crippen molar-refractivity contribution in [3.05, 3.63) is 41.6 Å². The van der Waals surface area contributed by atoms with Crippen LogP contribution in [0.5, 0.6) is 0 Å². The molecule has 0 amide bonds. The maximum atomic E-state index is 5.54. The first-order chi connectivity index (χ1) is 12.7. The molecule has 4 rings (SSSR count). The average Bonchev–Trinajstić information content (AvgIpc) is 3.33. The van der Waals surface area contributed by atoms with Gasteiger partial charge in [0.15, 0.2) is 0 Å². The van der Waals surface area contributed by atoms with E-state index in [4.69, 9.17) is 9.84 Å². The lowest BCUT2D eigenvalue weighted by Gasteiger charge is -2.23. The zero-order chi connectivity index (χ0) is 17.9. The minimum Gasteiger partial charge on any atom is -0.380 e. The molecule has 2 aliphatic rings. The van der Waals surface area contributed by atoms with Crippen LogP contribution in [-0.2, 0) is 18.3 Å². The van der Waals surface area contributed by atoms with Crippen molar-refractivity contribution in [2.75, 3.05) is 20.3 Å². The van der Waals surface area contributed by atoms with Crippen LogP contribution in [0.4, 0.5) is 0 Å². The minimum atomic E-state index is 0.525. The Bertz CT molecular complexity index is 709. The summed E-state index contributed by atoms with van der Waals surface area (Å²) in [5, 5.41) is 4.76. The molecule has 2 aromatic rings. The number of hydrogen-bond donors (Lipinski definition) is 0. The van der Waals surface area contributed by atoms with Crippen LogP contribution in [0.3, 0.4) is 0 Å². The zero-order valence-electron chi connectivity index (χ0n) is 16.2. The largest absolute Gasteiger partial charge is 0.380 e. The standard InChI is InChI=1S/C22H31N3O/c1-24(21-12-13-26-16-21)14-20-15-25(2)23-22(20)19-10-8-18(9-11-19)17-6-4-3-5-7-17/h8-11,15,17,21H,3-7,12-14,16H2,1-2H3/t21-/m1/s1. The predicted octanol–water partition coefficient (Wildman–Crippen LogP) is 4.36. The van der Waals surface area contributed by atoms with E-state index in [2.05, 4.69) is 42.4 Å². The van der Waals surface area contributed by atoms with E-state index in [1.54, 1.807) is 0 Å². The normalized spacial score (nSPS) is 21.6. The van der Waals surface area contributed by atoms with Crippen molar-refractivity contribution in [2.24, 2.45) is 7.05 Å². The molecule has 2 fully saturated rings. The Balaban J connectivity index is 1.51. The molecule has 4 heteroatoms. The van der Waals surface area contributed by atoms with Crippen LogP contribution >= 0.6 is 0 Å². The first kappa shape index (κ1) is 17.7. The van der Waals surface area contributed by atoms with E-state index in [1.165, 1.54) is 48.8 Å². The van der Waals surface area contributed by atoms with E-state index < -0.39 is 0 Å². The second-order valence-corrected chi connectivity index (χ2v) is 8.07. The van der Waals surface area contributed by atoms with Gasteiger partial charge in [-0.2, -0.15) is 5.10 Å². The minimum absolute atomic E-state index is 0.525. The predicted molar refractivity (Wildman–Crippen MR) is 105 cm³/mol. The van der Waals surface area contributed by atoms with Gasteiger partial charge >= 0.3 is 0 Å². The van der Waals surface area contributed by atoms with E-state index in [1.807, 2.05) is 11.7 Å². The number of rotatable bonds is 5. The van der Waals surface area contributed by atoms with Gasteiger partial charge in [-0.05, 0) is 37.8 Å². The third-order valence-electron chi connectivity index (χ3n) is 6.11. The van der Waals surface area contributed by atoms with E-state index in [0.29, 0.717) is 6.04 Å². The highest BCUT2D eigenvalue weighted by atomic mass is 16.5. The molecule has 1 atom stereocenters. The van der Waals surface area contributed by atoms with Gasteiger partial charge in [-0.25, -0.2) is 0 Å². The number of benzene rings is 1. The first-order valence-corrected chi connectivity index (χ1v) is 10.1. The molecule has 1 saturated carbocycles. The van der Waals surface area contributed by atoms with Gasteiger partial charge in [0.05, 0.1) is 12.3 Å². The highest BCUT2D eigenvalue weighted by Crippen LogP contribution is 2.34. The van der Waals surface area contributed by atoms with Gasteiger partial charge in [0.2, 0.25) is 0 Å². The van der Waals surface area contributed by atoms with Crippen molar-refractivity contribution in [1.29, 1.82) is 0 Å². The van der Waals surface area contributed by atoms with Gasteiger partial charge in [0.1, 0.15) is 0 Å². The van der Waals surface area contributed by atoms with Crippen molar-refractivity contribution < 1.29 is 4.74 Å². The van der Waals surface area contributed by atoms with Crippen molar-refractivity contribution in [2.45, 2.75) is 57.0 Å². The molecule has 140 valence electrons. The number of likely N-dealkylation sites (N-methyl/N-ethyl adjacent to an activating group) is 1. The quantitative estimate of drug-likeness (QED) is 0.800. The average molecular weight is 354 g/mol. The van der Waals surface area contributed by atoms with Crippen LogP contribution in [0.1, 0.15) is 55.6 Å². The fraction of sp³-hybridized carbons (Fsp3) is 0.591. The van der Waals surface area contributed by atoms with Crippen molar-refractivity contribution in [3.63, 3.8) is 0 Å². The highest BCUT2D eigenvalue weighted by Gasteiger charge is 2.22. The van der Waals surface area contributed by atoms with E-state index >= 15 is 0 Å².